The van der Waals surface area contributed by atoms with Crippen LogP contribution in [-0.2, 0) is 11.3 Å². The van der Waals surface area contributed by atoms with Gasteiger partial charge in [-0.2, -0.15) is 0 Å². The summed E-state index contributed by atoms with van der Waals surface area (Å²) in [6.45, 7) is 5.22. The molecule has 4 heteroatoms. The van der Waals surface area contributed by atoms with E-state index in [-0.39, 0.29) is 11.9 Å². The summed E-state index contributed by atoms with van der Waals surface area (Å²) in [5.74, 6) is 3.13. The summed E-state index contributed by atoms with van der Waals surface area (Å²) in [5.41, 5.74) is 1.60. The van der Waals surface area contributed by atoms with Gasteiger partial charge in [-0.25, -0.2) is 0 Å². The number of hydrogen-bond donors (Lipinski definition) is 1. The lowest BCUT2D eigenvalue weighted by Crippen LogP contribution is -2.40. The van der Waals surface area contributed by atoms with Gasteiger partial charge < -0.3 is 14.8 Å². The fourth-order valence-electron chi connectivity index (χ4n) is 4.55. The molecule has 2 saturated carbocycles. The van der Waals surface area contributed by atoms with Crippen LogP contribution in [0.2, 0.25) is 0 Å². The Balaban J connectivity index is 1.65. The summed E-state index contributed by atoms with van der Waals surface area (Å²) >= 11 is 0. The van der Waals surface area contributed by atoms with Crippen molar-refractivity contribution in [3.8, 4) is 5.75 Å². The number of rotatable bonds is 7. The molecular weight excluding hydrogens is 302 g/mol. The highest BCUT2D eigenvalue weighted by Crippen LogP contribution is 2.49. The Morgan fingerprint density at radius 1 is 1.33 bits per heavy atom. The average molecular weight is 331 g/mol. The molecule has 132 valence electrons. The first-order valence-corrected chi connectivity index (χ1v) is 9.17. The molecule has 2 bridgehead atoms. The van der Waals surface area contributed by atoms with E-state index in [4.69, 9.17) is 9.47 Å². The molecule has 1 N–H and O–H groups in total. The first kappa shape index (κ1) is 17.3. The molecule has 0 radical (unpaired) electrons. The van der Waals surface area contributed by atoms with Gasteiger partial charge in [0.1, 0.15) is 5.75 Å². The number of carbonyl (C=O) groups excluding carboxylic acids is 1. The monoisotopic (exact) mass is 331 g/mol. The minimum Gasteiger partial charge on any atom is -0.496 e. The lowest BCUT2D eigenvalue weighted by Gasteiger charge is -2.28. The Kier molecular flexibility index (Phi) is 5.44. The molecule has 1 amide bonds. The Morgan fingerprint density at radius 2 is 2.17 bits per heavy atom. The van der Waals surface area contributed by atoms with E-state index >= 15 is 0 Å². The normalized spacial score (nSPS) is 26.4. The van der Waals surface area contributed by atoms with E-state index in [0.717, 1.165) is 23.1 Å². The maximum Gasteiger partial charge on any atom is 0.251 e. The Bertz CT molecular complexity index is 586. The number of methoxy groups -OCH3 is 1. The Morgan fingerprint density at radius 3 is 2.79 bits per heavy atom. The SMILES string of the molecule is CCOCc1cc(C(=O)NC(C)C2CC3CCC2C3)ccc1OC. The number of ether oxygens (including phenoxy) is 2. The number of amides is 1. The van der Waals surface area contributed by atoms with Crippen LogP contribution in [0.1, 0.15) is 55.5 Å². The maximum atomic E-state index is 12.7. The van der Waals surface area contributed by atoms with Crippen LogP contribution in [-0.4, -0.2) is 25.7 Å². The lowest BCUT2D eigenvalue weighted by molar-refractivity contribution is 0.0914. The quantitative estimate of drug-likeness (QED) is 0.827. The zero-order valence-corrected chi connectivity index (χ0v) is 15.0. The molecule has 0 spiro atoms. The van der Waals surface area contributed by atoms with Gasteiger partial charge in [0.15, 0.2) is 0 Å². The molecule has 1 aromatic rings. The van der Waals surface area contributed by atoms with E-state index < -0.39 is 0 Å². The van der Waals surface area contributed by atoms with Gasteiger partial charge in [0, 0.05) is 23.8 Å². The topological polar surface area (TPSA) is 47.6 Å². The molecule has 2 fully saturated rings. The van der Waals surface area contributed by atoms with Crippen molar-refractivity contribution in [2.24, 2.45) is 17.8 Å². The van der Waals surface area contributed by atoms with Crippen LogP contribution in [0, 0.1) is 17.8 Å². The standard InChI is InChI=1S/C20H29NO3/c1-4-24-12-17-11-16(7-8-19(17)23-3)20(22)21-13(2)18-10-14-5-6-15(18)9-14/h7-8,11,13-15,18H,4-6,9-10,12H2,1-3H3,(H,21,22). The van der Waals surface area contributed by atoms with Crippen LogP contribution in [0.4, 0.5) is 0 Å². The second-order valence-electron chi connectivity index (χ2n) is 7.26. The minimum atomic E-state index is 0.00525. The van der Waals surface area contributed by atoms with Crippen LogP contribution in [0.15, 0.2) is 18.2 Å². The first-order chi connectivity index (χ1) is 11.6. The molecule has 0 aromatic heterocycles. The van der Waals surface area contributed by atoms with Gasteiger partial charge in [-0.3, -0.25) is 4.79 Å². The van der Waals surface area contributed by atoms with Crippen LogP contribution >= 0.6 is 0 Å². The van der Waals surface area contributed by atoms with E-state index in [0.29, 0.717) is 24.7 Å². The predicted molar refractivity (Wildman–Crippen MR) is 94.2 cm³/mol. The molecule has 1 aromatic carbocycles. The molecule has 4 unspecified atom stereocenters. The van der Waals surface area contributed by atoms with Gasteiger partial charge >= 0.3 is 0 Å². The van der Waals surface area contributed by atoms with Crippen LogP contribution in [0.3, 0.4) is 0 Å². The molecule has 0 saturated heterocycles. The largest absolute Gasteiger partial charge is 0.496 e. The van der Waals surface area contributed by atoms with E-state index in [9.17, 15) is 4.79 Å². The fourth-order valence-corrected chi connectivity index (χ4v) is 4.55. The summed E-state index contributed by atoms with van der Waals surface area (Å²) in [6, 6.07) is 5.81. The van der Waals surface area contributed by atoms with Crippen molar-refractivity contribution in [1.29, 1.82) is 0 Å². The highest BCUT2D eigenvalue weighted by Gasteiger charge is 2.42. The number of hydrogen-bond acceptors (Lipinski definition) is 3. The van der Waals surface area contributed by atoms with Crippen molar-refractivity contribution in [3.63, 3.8) is 0 Å². The van der Waals surface area contributed by atoms with Crippen molar-refractivity contribution in [3.05, 3.63) is 29.3 Å². The summed E-state index contributed by atoms with van der Waals surface area (Å²) in [4.78, 5) is 12.7. The Labute approximate surface area is 144 Å². The van der Waals surface area contributed by atoms with E-state index in [1.165, 1.54) is 25.7 Å². The first-order valence-electron chi connectivity index (χ1n) is 9.17. The van der Waals surface area contributed by atoms with Gasteiger partial charge in [0.2, 0.25) is 0 Å². The highest BCUT2D eigenvalue weighted by molar-refractivity contribution is 5.94. The third-order valence-electron chi connectivity index (χ3n) is 5.80. The molecule has 24 heavy (non-hydrogen) atoms. The van der Waals surface area contributed by atoms with Crippen LogP contribution < -0.4 is 10.1 Å². The molecule has 4 nitrogen and oxygen atoms in total. The average Bonchev–Trinajstić information content (AvgIpc) is 3.22. The fraction of sp³-hybridized carbons (Fsp3) is 0.650. The van der Waals surface area contributed by atoms with Crippen LogP contribution in [0.25, 0.3) is 0 Å². The Hall–Kier alpha value is -1.55. The van der Waals surface area contributed by atoms with E-state index in [1.807, 2.05) is 25.1 Å². The van der Waals surface area contributed by atoms with Gasteiger partial charge in [-0.1, -0.05) is 6.42 Å². The highest BCUT2D eigenvalue weighted by atomic mass is 16.5. The number of benzene rings is 1. The molecule has 2 aliphatic carbocycles. The third-order valence-corrected chi connectivity index (χ3v) is 5.80. The van der Waals surface area contributed by atoms with Crippen LogP contribution in [0.5, 0.6) is 5.75 Å². The van der Waals surface area contributed by atoms with Crippen molar-refractivity contribution < 1.29 is 14.3 Å². The van der Waals surface area contributed by atoms with E-state index in [1.54, 1.807) is 7.11 Å². The zero-order valence-electron chi connectivity index (χ0n) is 15.0. The minimum absolute atomic E-state index is 0.00525. The summed E-state index contributed by atoms with van der Waals surface area (Å²) < 4.78 is 10.8. The molecule has 4 atom stereocenters. The zero-order chi connectivity index (χ0) is 17.1. The number of nitrogens with one attached hydrogen (secondary N) is 1. The summed E-state index contributed by atoms with van der Waals surface area (Å²) in [7, 11) is 1.64. The van der Waals surface area contributed by atoms with Crippen molar-refractivity contribution in [1.82, 2.24) is 5.32 Å². The van der Waals surface area contributed by atoms with Crippen molar-refractivity contribution in [2.75, 3.05) is 13.7 Å². The number of fused-ring (bicyclic) bond motifs is 2. The van der Waals surface area contributed by atoms with Crippen molar-refractivity contribution >= 4 is 5.91 Å². The van der Waals surface area contributed by atoms with Gasteiger partial charge in [0.25, 0.3) is 5.91 Å². The van der Waals surface area contributed by atoms with Gasteiger partial charge in [0.05, 0.1) is 13.7 Å². The van der Waals surface area contributed by atoms with E-state index in [2.05, 4.69) is 12.2 Å². The van der Waals surface area contributed by atoms with Crippen molar-refractivity contribution in [2.45, 2.75) is 52.2 Å². The molecule has 2 aliphatic rings. The third kappa shape index (κ3) is 3.59. The second kappa shape index (κ2) is 7.56. The van der Waals surface area contributed by atoms with Gasteiger partial charge in [-0.15, -0.1) is 0 Å². The summed E-state index contributed by atoms with van der Waals surface area (Å²) in [6.07, 6.45) is 5.38. The molecule has 0 aliphatic heterocycles. The predicted octanol–water partition coefficient (Wildman–Crippen LogP) is 3.79. The lowest BCUT2D eigenvalue weighted by atomic mass is 9.84. The second-order valence-corrected chi connectivity index (χ2v) is 7.26. The number of carbonyl (C=O) groups is 1. The maximum absolute atomic E-state index is 12.7. The molecular formula is C20H29NO3. The summed E-state index contributed by atoms with van der Waals surface area (Å²) in [5, 5.41) is 3.22. The molecule has 0 heterocycles. The smallest absolute Gasteiger partial charge is 0.251 e. The van der Waals surface area contributed by atoms with Gasteiger partial charge in [-0.05, 0) is 69.1 Å². The molecule has 3 rings (SSSR count).